The monoisotopic (exact) mass is 407 g/mol. The largest absolute Gasteiger partial charge is 0.298 e. The van der Waals surface area contributed by atoms with E-state index in [-0.39, 0.29) is 11.6 Å². The van der Waals surface area contributed by atoms with Crippen LogP contribution in [-0.4, -0.2) is 15.8 Å². The fourth-order valence-electron chi connectivity index (χ4n) is 2.81. The lowest BCUT2D eigenvalue weighted by molar-refractivity contribution is -0.384. The second-order valence-electron chi connectivity index (χ2n) is 7.01. The van der Waals surface area contributed by atoms with E-state index in [1.807, 2.05) is 17.5 Å². The molecule has 0 aliphatic carbocycles. The number of nitro groups is 1. The van der Waals surface area contributed by atoms with Crippen molar-refractivity contribution in [1.82, 2.24) is 4.98 Å². The van der Waals surface area contributed by atoms with Gasteiger partial charge in [-0.2, -0.15) is 0 Å². The van der Waals surface area contributed by atoms with Gasteiger partial charge in [-0.3, -0.25) is 20.2 Å². The van der Waals surface area contributed by atoms with E-state index in [0.717, 1.165) is 17.7 Å². The predicted octanol–water partition coefficient (Wildman–Crippen LogP) is 5.57. The molecule has 1 heterocycles. The molecule has 0 saturated carbocycles. The first-order valence-corrected chi connectivity index (χ1v) is 10.1. The van der Waals surface area contributed by atoms with Gasteiger partial charge >= 0.3 is 0 Å². The second-order valence-corrected chi connectivity index (χ2v) is 7.87. The third-order valence-electron chi connectivity index (χ3n) is 4.14. The van der Waals surface area contributed by atoms with Gasteiger partial charge in [-0.05, 0) is 29.5 Å². The van der Waals surface area contributed by atoms with E-state index in [1.165, 1.54) is 41.2 Å². The molecule has 0 fully saturated rings. The molecule has 29 heavy (non-hydrogen) atoms. The highest BCUT2D eigenvalue weighted by molar-refractivity contribution is 7.14. The van der Waals surface area contributed by atoms with Crippen LogP contribution in [0.5, 0.6) is 0 Å². The van der Waals surface area contributed by atoms with Crippen LogP contribution in [0.3, 0.4) is 0 Å². The maximum absolute atomic E-state index is 12.1. The van der Waals surface area contributed by atoms with Crippen molar-refractivity contribution in [2.75, 3.05) is 5.32 Å². The third-order valence-corrected chi connectivity index (χ3v) is 4.89. The van der Waals surface area contributed by atoms with Crippen LogP contribution in [0.15, 0.2) is 60.0 Å². The normalized spacial score (nSPS) is 11.1. The number of benzene rings is 2. The number of hydrogen-bond donors (Lipinski definition) is 1. The van der Waals surface area contributed by atoms with Crippen molar-refractivity contribution in [3.63, 3.8) is 0 Å². The first-order chi connectivity index (χ1) is 13.9. The van der Waals surface area contributed by atoms with Gasteiger partial charge in [0.2, 0.25) is 5.91 Å². The highest BCUT2D eigenvalue weighted by atomic mass is 32.1. The minimum atomic E-state index is -0.468. The van der Waals surface area contributed by atoms with Crippen LogP contribution < -0.4 is 5.32 Å². The summed E-state index contributed by atoms with van der Waals surface area (Å²) in [4.78, 5) is 26.9. The van der Waals surface area contributed by atoms with Crippen molar-refractivity contribution in [2.24, 2.45) is 5.92 Å². The Morgan fingerprint density at radius 2 is 2.00 bits per heavy atom. The molecule has 0 aliphatic heterocycles. The Morgan fingerprint density at radius 3 is 2.69 bits per heavy atom. The Morgan fingerprint density at radius 1 is 1.24 bits per heavy atom. The number of aromatic nitrogens is 1. The number of nitrogens with zero attached hydrogens (tertiary/aromatic N) is 2. The van der Waals surface area contributed by atoms with E-state index in [0.29, 0.717) is 16.6 Å². The van der Waals surface area contributed by atoms with Crippen molar-refractivity contribution in [3.05, 3.63) is 81.2 Å². The molecule has 1 amide bonds. The zero-order chi connectivity index (χ0) is 20.8. The first kappa shape index (κ1) is 20.4. The van der Waals surface area contributed by atoms with Crippen molar-refractivity contribution in [3.8, 4) is 11.3 Å². The van der Waals surface area contributed by atoms with Gasteiger partial charge in [0, 0.05) is 29.2 Å². The minimum absolute atomic E-state index is 0.0171. The number of anilines is 1. The molecular formula is C22H21N3O3S. The van der Waals surface area contributed by atoms with Gasteiger partial charge in [0.15, 0.2) is 5.13 Å². The number of thiazole rings is 1. The molecule has 1 N–H and O–H groups in total. The highest BCUT2D eigenvalue weighted by Crippen LogP contribution is 2.25. The summed E-state index contributed by atoms with van der Waals surface area (Å²) < 4.78 is 0. The number of non-ortho nitro benzene ring substituents is 1. The van der Waals surface area contributed by atoms with Crippen LogP contribution in [0.4, 0.5) is 10.8 Å². The summed E-state index contributed by atoms with van der Waals surface area (Å²) in [6.07, 6.45) is 3.90. The number of hydrogen-bond acceptors (Lipinski definition) is 5. The number of amides is 1. The van der Waals surface area contributed by atoms with Crippen molar-refractivity contribution in [2.45, 2.75) is 20.3 Å². The highest BCUT2D eigenvalue weighted by Gasteiger charge is 2.08. The van der Waals surface area contributed by atoms with Gasteiger partial charge in [-0.15, -0.1) is 11.3 Å². The molecule has 0 unspecified atom stereocenters. The molecule has 6 nitrogen and oxygen atoms in total. The molecular weight excluding hydrogens is 386 g/mol. The van der Waals surface area contributed by atoms with E-state index in [9.17, 15) is 14.9 Å². The van der Waals surface area contributed by atoms with Crippen LogP contribution in [0.2, 0.25) is 0 Å². The van der Waals surface area contributed by atoms with Gasteiger partial charge in [-0.25, -0.2) is 4.98 Å². The zero-order valence-corrected chi connectivity index (χ0v) is 17.0. The number of nitrogens with one attached hydrogen (secondary N) is 1. The maximum Gasteiger partial charge on any atom is 0.270 e. The average Bonchev–Trinajstić information content (AvgIpc) is 3.15. The lowest BCUT2D eigenvalue weighted by atomic mass is 10.0. The Hall–Kier alpha value is -3.32. The van der Waals surface area contributed by atoms with E-state index < -0.39 is 4.92 Å². The smallest absolute Gasteiger partial charge is 0.270 e. The summed E-state index contributed by atoms with van der Waals surface area (Å²) in [5.74, 6) is 0.265. The maximum atomic E-state index is 12.1. The van der Waals surface area contributed by atoms with Crippen molar-refractivity contribution in [1.29, 1.82) is 0 Å². The SMILES string of the molecule is CC(C)Cc1ccc(-c2csc(NC(=O)/C=C/c3cccc([N+](=O)[O-])c3)n2)cc1. The molecule has 1 aromatic heterocycles. The quantitative estimate of drug-likeness (QED) is 0.315. The van der Waals surface area contributed by atoms with Gasteiger partial charge in [-0.1, -0.05) is 50.2 Å². The van der Waals surface area contributed by atoms with Gasteiger partial charge < -0.3 is 0 Å². The molecule has 0 spiro atoms. The Balaban J connectivity index is 1.63. The number of rotatable bonds is 7. The molecule has 0 saturated heterocycles. The zero-order valence-electron chi connectivity index (χ0n) is 16.2. The predicted molar refractivity (Wildman–Crippen MR) is 117 cm³/mol. The summed E-state index contributed by atoms with van der Waals surface area (Å²) in [5, 5.41) is 15.9. The molecule has 0 radical (unpaired) electrons. The fourth-order valence-corrected chi connectivity index (χ4v) is 3.53. The third kappa shape index (κ3) is 5.83. The summed E-state index contributed by atoms with van der Waals surface area (Å²) in [6, 6.07) is 14.4. The van der Waals surface area contributed by atoms with E-state index in [4.69, 9.17) is 0 Å². The second kappa shape index (κ2) is 9.25. The van der Waals surface area contributed by atoms with Crippen LogP contribution in [0.25, 0.3) is 17.3 Å². The van der Waals surface area contributed by atoms with Gasteiger partial charge in [0.05, 0.1) is 10.6 Å². The topological polar surface area (TPSA) is 85.1 Å². The van der Waals surface area contributed by atoms with Crippen LogP contribution in [-0.2, 0) is 11.2 Å². The number of carbonyl (C=O) groups excluding carboxylic acids is 1. The molecule has 0 aliphatic rings. The van der Waals surface area contributed by atoms with Crippen molar-refractivity contribution < 1.29 is 9.72 Å². The first-order valence-electron chi connectivity index (χ1n) is 9.19. The lowest BCUT2D eigenvalue weighted by Crippen LogP contribution is -2.07. The molecule has 148 valence electrons. The minimum Gasteiger partial charge on any atom is -0.298 e. The molecule has 0 atom stereocenters. The van der Waals surface area contributed by atoms with E-state index in [1.54, 1.807) is 12.1 Å². The number of nitro benzene ring substituents is 1. The van der Waals surface area contributed by atoms with Gasteiger partial charge in [0.25, 0.3) is 5.69 Å². The summed E-state index contributed by atoms with van der Waals surface area (Å²) in [6.45, 7) is 4.38. The molecule has 7 heteroatoms. The lowest BCUT2D eigenvalue weighted by Gasteiger charge is -2.05. The Bertz CT molecular complexity index is 1040. The fraction of sp³-hybridized carbons (Fsp3) is 0.182. The summed E-state index contributed by atoms with van der Waals surface area (Å²) >= 11 is 1.35. The molecule has 3 aromatic rings. The molecule has 3 rings (SSSR count). The van der Waals surface area contributed by atoms with Crippen molar-refractivity contribution >= 4 is 34.1 Å². The van der Waals surface area contributed by atoms with Crippen LogP contribution in [0, 0.1) is 16.0 Å². The standard InChI is InChI=1S/C22H21N3O3S/c1-15(2)12-17-6-9-18(10-7-17)20-14-29-22(23-20)24-21(26)11-8-16-4-3-5-19(13-16)25(27)28/h3-11,13-15H,12H2,1-2H3,(H,23,24,26)/b11-8+. The Labute approximate surface area is 173 Å². The molecule has 0 bridgehead atoms. The molecule has 2 aromatic carbocycles. The summed E-state index contributed by atoms with van der Waals surface area (Å²) in [7, 11) is 0. The van der Waals surface area contributed by atoms with E-state index >= 15 is 0 Å². The Kier molecular flexibility index (Phi) is 6.51. The van der Waals surface area contributed by atoms with E-state index in [2.05, 4.69) is 36.3 Å². The summed E-state index contributed by atoms with van der Waals surface area (Å²) in [5.41, 5.74) is 3.66. The number of carbonyl (C=O) groups is 1. The van der Waals surface area contributed by atoms with Gasteiger partial charge in [0.1, 0.15) is 0 Å². The van der Waals surface area contributed by atoms with Crippen LogP contribution >= 0.6 is 11.3 Å². The van der Waals surface area contributed by atoms with Crippen LogP contribution in [0.1, 0.15) is 25.0 Å². The average molecular weight is 407 g/mol.